The molecule has 35 heavy (non-hydrogen) atoms. The molecule has 0 fully saturated rings. The summed E-state index contributed by atoms with van der Waals surface area (Å²) < 4.78 is 10.7. The van der Waals surface area contributed by atoms with E-state index in [4.69, 9.17) is 9.47 Å². The molecule has 0 saturated heterocycles. The molecule has 2 amide bonds. The third-order valence-electron chi connectivity index (χ3n) is 5.53. The molecule has 0 bridgehead atoms. The van der Waals surface area contributed by atoms with Gasteiger partial charge >= 0.3 is 5.97 Å². The first-order valence-corrected chi connectivity index (χ1v) is 12.3. The first-order chi connectivity index (χ1) is 16.7. The number of thioether (sulfide) groups is 1. The Morgan fingerprint density at radius 2 is 1.94 bits per heavy atom. The highest BCUT2D eigenvalue weighted by Gasteiger charge is 2.44. The van der Waals surface area contributed by atoms with Crippen molar-refractivity contribution >= 4 is 51.2 Å². The van der Waals surface area contributed by atoms with Crippen molar-refractivity contribution in [2.24, 2.45) is 5.92 Å². The van der Waals surface area contributed by atoms with Gasteiger partial charge in [-0.15, -0.1) is 0 Å². The number of esters is 1. The summed E-state index contributed by atoms with van der Waals surface area (Å²) in [6, 6.07) is 12.9. The van der Waals surface area contributed by atoms with Gasteiger partial charge in [-0.1, -0.05) is 30.0 Å². The number of methoxy groups -OCH3 is 2. The number of nitrogens with zero attached hydrogens (tertiary/aromatic N) is 1. The SMILES string of the molecule is COC(=O)[C@H]1C(=O)NC(SCC(=O)Nc2cc(C)ccc2C)=C(C#N)[C@H]1c1ccc(OC)c(Br)c1. The maximum atomic E-state index is 13.0. The summed E-state index contributed by atoms with van der Waals surface area (Å²) in [4.78, 5) is 38.2. The largest absolute Gasteiger partial charge is 0.496 e. The second-order valence-electron chi connectivity index (χ2n) is 7.87. The summed E-state index contributed by atoms with van der Waals surface area (Å²) in [6.07, 6.45) is 0. The number of carbonyl (C=O) groups is 3. The van der Waals surface area contributed by atoms with Crippen LogP contribution in [-0.4, -0.2) is 37.8 Å². The van der Waals surface area contributed by atoms with Gasteiger partial charge in [0.1, 0.15) is 11.7 Å². The third kappa shape index (κ3) is 5.86. The fourth-order valence-electron chi connectivity index (χ4n) is 3.75. The van der Waals surface area contributed by atoms with Gasteiger partial charge in [-0.05, 0) is 64.7 Å². The maximum Gasteiger partial charge on any atom is 0.319 e. The Morgan fingerprint density at radius 1 is 1.20 bits per heavy atom. The molecule has 0 aliphatic carbocycles. The number of rotatable bonds is 7. The van der Waals surface area contributed by atoms with E-state index in [9.17, 15) is 19.6 Å². The Labute approximate surface area is 216 Å². The van der Waals surface area contributed by atoms with Gasteiger partial charge in [0.05, 0.1) is 41.1 Å². The molecule has 10 heteroatoms. The Hall–Kier alpha value is -3.29. The number of benzene rings is 2. The standard InChI is InChI=1S/C25H24BrN3O5S/c1-13-5-6-14(2)18(9-13)28-20(30)12-35-24-16(11-27)21(22(23(31)29-24)25(32)34-4)15-7-8-19(33-3)17(26)10-15/h5-10,21-22H,12H2,1-4H3,(H,28,30)(H,29,31)/t21-,22-/m1/s1. The van der Waals surface area contributed by atoms with E-state index in [-0.39, 0.29) is 22.3 Å². The Bertz CT molecular complexity index is 1250. The quantitative estimate of drug-likeness (QED) is 0.387. The van der Waals surface area contributed by atoms with Crippen LogP contribution in [0.4, 0.5) is 5.69 Å². The van der Waals surface area contributed by atoms with Gasteiger partial charge < -0.3 is 20.1 Å². The van der Waals surface area contributed by atoms with E-state index in [1.807, 2.05) is 32.0 Å². The summed E-state index contributed by atoms with van der Waals surface area (Å²) in [5.74, 6) is -3.30. The Morgan fingerprint density at radius 3 is 2.57 bits per heavy atom. The Kier molecular flexibility index (Phi) is 8.59. The molecule has 1 heterocycles. The third-order valence-corrected chi connectivity index (χ3v) is 7.17. The number of nitriles is 1. The molecule has 182 valence electrons. The van der Waals surface area contributed by atoms with Crippen molar-refractivity contribution < 1.29 is 23.9 Å². The van der Waals surface area contributed by atoms with E-state index >= 15 is 0 Å². The molecule has 2 N–H and O–H groups in total. The van der Waals surface area contributed by atoms with Crippen molar-refractivity contribution in [2.45, 2.75) is 19.8 Å². The van der Waals surface area contributed by atoms with Crippen LogP contribution in [0.3, 0.4) is 0 Å². The highest BCUT2D eigenvalue weighted by molar-refractivity contribution is 9.10. The molecular formula is C25H24BrN3O5S. The zero-order chi connectivity index (χ0) is 25.7. The first-order valence-electron chi connectivity index (χ1n) is 10.6. The smallest absolute Gasteiger partial charge is 0.319 e. The van der Waals surface area contributed by atoms with Crippen LogP contribution in [0, 0.1) is 31.1 Å². The van der Waals surface area contributed by atoms with Crippen LogP contribution in [0.15, 0.2) is 51.5 Å². The van der Waals surface area contributed by atoms with Crippen molar-refractivity contribution in [3.05, 3.63) is 68.2 Å². The molecule has 2 atom stereocenters. The molecule has 2 aromatic carbocycles. The van der Waals surface area contributed by atoms with Crippen molar-refractivity contribution in [3.8, 4) is 11.8 Å². The van der Waals surface area contributed by atoms with Crippen molar-refractivity contribution in [2.75, 3.05) is 25.3 Å². The minimum absolute atomic E-state index is 0.0455. The fraction of sp³-hybridized carbons (Fsp3) is 0.280. The molecule has 0 radical (unpaired) electrons. The summed E-state index contributed by atoms with van der Waals surface area (Å²) >= 11 is 4.44. The highest BCUT2D eigenvalue weighted by Crippen LogP contribution is 2.42. The molecule has 0 saturated carbocycles. The molecule has 0 spiro atoms. The minimum atomic E-state index is -1.26. The van der Waals surface area contributed by atoms with Crippen LogP contribution in [0.5, 0.6) is 5.75 Å². The van der Waals surface area contributed by atoms with Gasteiger partial charge in [0.2, 0.25) is 11.8 Å². The van der Waals surface area contributed by atoms with Crippen LogP contribution in [0.2, 0.25) is 0 Å². The van der Waals surface area contributed by atoms with Gasteiger partial charge in [-0.2, -0.15) is 5.26 Å². The van der Waals surface area contributed by atoms with Crippen LogP contribution >= 0.6 is 27.7 Å². The first kappa shape index (κ1) is 26.3. The lowest BCUT2D eigenvalue weighted by Gasteiger charge is -2.31. The van der Waals surface area contributed by atoms with Crippen LogP contribution in [0.1, 0.15) is 22.6 Å². The topological polar surface area (TPSA) is 118 Å². The molecule has 2 aromatic rings. The number of nitrogens with one attached hydrogen (secondary N) is 2. The summed E-state index contributed by atoms with van der Waals surface area (Å²) in [7, 11) is 2.71. The predicted molar refractivity (Wildman–Crippen MR) is 137 cm³/mol. The monoisotopic (exact) mass is 557 g/mol. The summed E-state index contributed by atoms with van der Waals surface area (Å²) in [5, 5.41) is 15.7. The second kappa shape index (κ2) is 11.4. The average molecular weight is 558 g/mol. The minimum Gasteiger partial charge on any atom is -0.496 e. The molecular weight excluding hydrogens is 534 g/mol. The zero-order valence-corrected chi connectivity index (χ0v) is 22.0. The van der Waals surface area contributed by atoms with Crippen LogP contribution < -0.4 is 15.4 Å². The lowest BCUT2D eigenvalue weighted by atomic mass is 9.78. The zero-order valence-electron chi connectivity index (χ0n) is 19.6. The lowest BCUT2D eigenvalue weighted by molar-refractivity contribution is -0.150. The van der Waals surface area contributed by atoms with Gasteiger partial charge in [0.25, 0.3) is 0 Å². The van der Waals surface area contributed by atoms with Crippen LogP contribution in [-0.2, 0) is 19.1 Å². The number of hydrogen-bond acceptors (Lipinski definition) is 7. The molecule has 3 rings (SSSR count). The fourth-order valence-corrected chi connectivity index (χ4v) is 5.16. The van der Waals surface area contributed by atoms with E-state index in [0.29, 0.717) is 21.5 Å². The number of amides is 2. The number of ether oxygens (including phenoxy) is 2. The van der Waals surface area contributed by atoms with E-state index in [2.05, 4.69) is 32.6 Å². The van der Waals surface area contributed by atoms with Crippen molar-refractivity contribution in [1.82, 2.24) is 5.32 Å². The van der Waals surface area contributed by atoms with Gasteiger partial charge in [-0.25, -0.2) is 0 Å². The normalized spacial score (nSPS) is 17.3. The van der Waals surface area contributed by atoms with E-state index in [1.54, 1.807) is 18.2 Å². The number of allylic oxidation sites excluding steroid dienone is 1. The summed E-state index contributed by atoms with van der Waals surface area (Å²) in [6.45, 7) is 3.82. The molecule has 0 aromatic heterocycles. The number of carbonyl (C=O) groups excluding carboxylic acids is 3. The number of hydrogen-bond donors (Lipinski definition) is 2. The lowest BCUT2D eigenvalue weighted by Crippen LogP contribution is -2.44. The Balaban J connectivity index is 1.93. The molecule has 1 aliphatic heterocycles. The van der Waals surface area contributed by atoms with E-state index in [1.165, 1.54) is 14.2 Å². The molecule has 0 unspecified atom stereocenters. The predicted octanol–water partition coefficient (Wildman–Crippen LogP) is 4.18. The van der Waals surface area contributed by atoms with Crippen LogP contribution in [0.25, 0.3) is 0 Å². The van der Waals surface area contributed by atoms with Crippen molar-refractivity contribution in [1.29, 1.82) is 5.26 Å². The second-order valence-corrected chi connectivity index (χ2v) is 9.71. The number of halogens is 1. The molecule has 1 aliphatic rings. The summed E-state index contributed by atoms with van der Waals surface area (Å²) in [5.41, 5.74) is 3.35. The van der Waals surface area contributed by atoms with Crippen molar-refractivity contribution in [3.63, 3.8) is 0 Å². The molecule has 8 nitrogen and oxygen atoms in total. The highest BCUT2D eigenvalue weighted by atomic mass is 79.9. The van der Waals surface area contributed by atoms with Gasteiger partial charge in [-0.3, -0.25) is 14.4 Å². The van der Waals surface area contributed by atoms with E-state index < -0.39 is 23.7 Å². The number of anilines is 1. The average Bonchev–Trinajstić information content (AvgIpc) is 2.83. The van der Waals surface area contributed by atoms with E-state index in [0.717, 1.165) is 22.9 Å². The number of aryl methyl sites for hydroxylation is 2. The van der Waals surface area contributed by atoms with Gasteiger partial charge in [0.15, 0.2) is 0 Å². The van der Waals surface area contributed by atoms with Gasteiger partial charge in [0, 0.05) is 11.6 Å². The maximum absolute atomic E-state index is 13.0.